The van der Waals surface area contributed by atoms with E-state index in [0.29, 0.717) is 46.1 Å². The SMILES string of the molecule is CC[C@H](C)[C@H](NC(=O)[C@H](CC(=O)O)NC(=O)[C@H](CC(C)C)NC(=O)[C@H](Cc1c[nH]cn1)NC(=O)[C@@H]1CSSC[C@H](NC(=O)[C@H](CCC(=O)O)NC(=O)[C@H](N)CCCCN)C(=O)N[C@@H](C(C)C)C(=O)N[C@@H](Cc2ccc(O)c(I)c2)C(=O)N[C@@H](Cc2ccccc2)C(=O)N1)C(=O)N[C@H](C(=O)N[C@@H](Cc1c[nH]c2ccccc12)C(=O)O)[C@@H](C)CC. The molecule has 1 aliphatic heterocycles. The number of halogens is 1. The van der Waals surface area contributed by atoms with Crippen LogP contribution in [0.15, 0.2) is 91.5 Å². The lowest BCUT2D eigenvalue weighted by Gasteiger charge is -2.31. The van der Waals surface area contributed by atoms with Crippen molar-refractivity contribution in [2.24, 2.45) is 35.1 Å². The molecule has 3 heterocycles. The van der Waals surface area contributed by atoms with Gasteiger partial charge in [0, 0.05) is 66.9 Å². The summed E-state index contributed by atoms with van der Waals surface area (Å²) in [6.07, 6.45) is 2.66. The molecule has 1 saturated heterocycles. The number of phenolic OH excluding ortho intramolecular Hbond substituents is 1. The number of nitrogens with zero attached hydrogens (tertiary/aromatic N) is 1. The number of carbonyl (C=O) groups excluding carboxylic acids is 12. The van der Waals surface area contributed by atoms with Crippen LogP contribution < -0.4 is 75.3 Å². The Morgan fingerprint density at radius 1 is 0.585 bits per heavy atom. The molecule has 1 aliphatic rings. The van der Waals surface area contributed by atoms with Crippen molar-refractivity contribution >= 4 is 144 Å². The number of hydrogen-bond acceptors (Lipinski definition) is 21. The molecule has 0 unspecified atom stereocenters. The Balaban J connectivity index is 1.33. The minimum absolute atomic E-state index is 0.0901. The smallest absolute Gasteiger partial charge is 0.326 e. The second-order valence-electron chi connectivity index (χ2n) is 30.0. The minimum atomic E-state index is -1.94. The summed E-state index contributed by atoms with van der Waals surface area (Å²) in [5.74, 6) is -19.3. The molecule has 0 aliphatic carbocycles. The number of nitrogens with two attached hydrogens (primary N) is 2. The molecule has 22 N–H and O–H groups in total. The molecule has 118 heavy (non-hydrogen) atoms. The maximum Gasteiger partial charge on any atom is 0.326 e. The molecule has 5 aromatic rings. The van der Waals surface area contributed by atoms with Crippen molar-refractivity contribution in [3.8, 4) is 5.75 Å². The first-order valence-corrected chi connectivity index (χ1v) is 42.6. The average molecular weight is 1790 g/mol. The number of aliphatic carboxylic acids is 3. The summed E-state index contributed by atoms with van der Waals surface area (Å²) >= 11 is 1.87. The molecule has 0 spiro atoms. The molecule has 3 aromatic carbocycles. The highest BCUT2D eigenvalue weighted by molar-refractivity contribution is 14.1. The molecular formula is C79H110IN17O19S2. The Labute approximate surface area is 704 Å². The van der Waals surface area contributed by atoms with E-state index in [1.165, 1.54) is 24.7 Å². The van der Waals surface area contributed by atoms with Crippen LogP contribution in [0.4, 0.5) is 0 Å². The number of rotatable bonds is 41. The fourth-order valence-corrected chi connectivity index (χ4v) is 15.6. The number of carbonyl (C=O) groups is 15. The first-order chi connectivity index (χ1) is 56.0. The van der Waals surface area contributed by atoms with Crippen molar-refractivity contribution in [1.82, 2.24) is 78.8 Å². The minimum Gasteiger partial charge on any atom is -0.507 e. The lowest BCUT2D eigenvalue weighted by atomic mass is 9.94. The highest BCUT2D eigenvalue weighted by Gasteiger charge is 2.41. The number of aromatic nitrogens is 3. The van der Waals surface area contributed by atoms with Gasteiger partial charge in [0.2, 0.25) is 70.9 Å². The van der Waals surface area contributed by atoms with E-state index >= 15 is 19.2 Å². The van der Waals surface area contributed by atoms with Crippen LogP contribution in [0.25, 0.3) is 10.9 Å². The predicted octanol–water partition coefficient (Wildman–Crippen LogP) is 1.36. The largest absolute Gasteiger partial charge is 0.507 e. The molecule has 6 rings (SSSR count). The Morgan fingerprint density at radius 2 is 1.17 bits per heavy atom. The fourth-order valence-electron chi connectivity index (χ4n) is 12.7. The Kier molecular flexibility index (Phi) is 39.1. The normalized spacial score (nSPS) is 18.9. The van der Waals surface area contributed by atoms with Crippen LogP contribution in [0.3, 0.4) is 0 Å². The van der Waals surface area contributed by atoms with Crippen molar-refractivity contribution in [2.45, 2.75) is 217 Å². The predicted molar refractivity (Wildman–Crippen MR) is 448 cm³/mol. The monoisotopic (exact) mass is 1790 g/mol. The van der Waals surface area contributed by atoms with E-state index in [0.717, 1.165) is 32.5 Å². The number of hydrogen-bond donors (Lipinski definition) is 20. The third kappa shape index (κ3) is 30.5. The Bertz CT molecular complexity index is 4290. The maximum absolute atomic E-state index is 15.4. The standard InChI is InChI=1S/C79H110IN17O19S2/c1-9-42(7)65(77(113)92-58(79(115)116)32-46-35-84-51-22-15-14-20-48(46)51)97-78(114)66(43(8)10-2)96-73(109)57(34-63(101)102)90-69(105)53(28-40(3)4)87-72(108)56(33-47-36-83-39-85-47)89-74(110)59-37-117-118-38-60(93-68(104)52(24-26-62(99)100)86-67(103)50(82)21-16-17-27-81)75(111)95-64(41(5)6)76(112)91-55(31-45-23-25-61(98)49(80)29-45)70(106)88-54(71(107)94-59)30-44-18-12-11-13-19-44/h11-15,18-20,22-23,25,29,35-36,39-43,50,52-60,64-66,84,98H,9-10,16-17,21,24,26-28,30-34,37-38,81-82H2,1-8H3,(H,83,85)(H,86,103)(H,87,108)(H,88,106)(H,89,110)(H,90,105)(H,91,112)(H,92,113)(H,93,104)(H,94,107)(H,95,111)(H,96,109)(H,97,114)(H,99,100)(H,101,102)(H,115,116)/t42-,43-,50+,52-,53-,54-,55-,56-,57-,58-,59-,60-,64-,65-,66-/m0/s1. The quantitative estimate of drug-likeness (QED) is 0.0149. The van der Waals surface area contributed by atoms with Gasteiger partial charge in [0.05, 0.1) is 28.1 Å². The number of aromatic hydroxyl groups is 1. The maximum atomic E-state index is 15.4. The van der Waals surface area contributed by atoms with Gasteiger partial charge < -0.3 is 106 Å². The van der Waals surface area contributed by atoms with Gasteiger partial charge in [-0.2, -0.15) is 0 Å². The number of fused-ring (bicyclic) bond motifs is 1. The van der Waals surface area contributed by atoms with Crippen molar-refractivity contribution in [2.75, 3.05) is 18.1 Å². The molecule has 2 aromatic heterocycles. The van der Waals surface area contributed by atoms with Gasteiger partial charge in [0.15, 0.2) is 0 Å². The number of phenols is 1. The number of unbranched alkanes of at least 4 members (excludes halogenated alkanes) is 1. The van der Waals surface area contributed by atoms with Gasteiger partial charge in [0.25, 0.3) is 0 Å². The number of benzene rings is 3. The number of imidazole rings is 1. The Hall–Kier alpha value is -10.4. The molecular weight excluding hydrogens is 1680 g/mol. The van der Waals surface area contributed by atoms with E-state index < -0.39 is 228 Å². The number of para-hydroxylation sites is 1. The lowest BCUT2D eigenvalue weighted by Crippen LogP contribution is -2.62. The van der Waals surface area contributed by atoms with Crippen molar-refractivity contribution in [1.29, 1.82) is 0 Å². The molecule has 39 heteroatoms. The van der Waals surface area contributed by atoms with E-state index in [2.05, 4.69) is 78.8 Å². The summed E-state index contributed by atoms with van der Waals surface area (Å²) in [4.78, 5) is 224. The van der Waals surface area contributed by atoms with Crippen LogP contribution in [0.1, 0.15) is 136 Å². The summed E-state index contributed by atoms with van der Waals surface area (Å²) in [5.41, 5.74) is 14.3. The van der Waals surface area contributed by atoms with Crippen molar-refractivity contribution in [3.05, 3.63) is 117 Å². The zero-order chi connectivity index (χ0) is 87.0. The highest BCUT2D eigenvalue weighted by atomic mass is 127. The molecule has 1 fully saturated rings. The second-order valence-corrected chi connectivity index (χ2v) is 33.7. The van der Waals surface area contributed by atoms with Gasteiger partial charge in [-0.25, -0.2) is 9.78 Å². The average Bonchev–Trinajstić information content (AvgIpc) is 1.09. The number of nitrogens with one attached hydrogen (secondary N) is 14. The Morgan fingerprint density at radius 3 is 1.78 bits per heavy atom. The van der Waals surface area contributed by atoms with Crippen LogP contribution >= 0.6 is 44.2 Å². The van der Waals surface area contributed by atoms with Gasteiger partial charge in [-0.3, -0.25) is 67.1 Å². The van der Waals surface area contributed by atoms with Crippen LogP contribution in [0.2, 0.25) is 0 Å². The summed E-state index contributed by atoms with van der Waals surface area (Å²) in [6, 6.07) is -0.0634. The lowest BCUT2D eigenvalue weighted by molar-refractivity contribution is -0.143. The first kappa shape index (κ1) is 96.4. The van der Waals surface area contributed by atoms with Crippen LogP contribution in [0, 0.1) is 27.2 Å². The van der Waals surface area contributed by atoms with Crippen LogP contribution in [0.5, 0.6) is 5.75 Å². The van der Waals surface area contributed by atoms with Crippen molar-refractivity contribution < 1.29 is 92.3 Å². The molecule has 0 radical (unpaired) electrons. The van der Waals surface area contributed by atoms with Gasteiger partial charge in [-0.1, -0.05) is 151 Å². The molecule has 0 bridgehead atoms. The van der Waals surface area contributed by atoms with E-state index in [9.17, 15) is 73.2 Å². The molecule has 644 valence electrons. The molecule has 12 amide bonds. The first-order valence-electron chi connectivity index (χ1n) is 39.1. The number of carboxylic acids is 3. The number of aromatic amines is 2. The topological polar surface area (TPSA) is 578 Å². The van der Waals surface area contributed by atoms with E-state index in [1.807, 2.05) is 28.7 Å². The van der Waals surface area contributed by atoms with Crippen LogP contribution in [-0.2, 0) is 97.6 Å². The summed E-state index contributed by atoms with van der Waals surface area (Å²) < 4.78 is 0.377. The van der Waals surface area contributed by atoms with E-state index in [4.69, 9.17) is 11.5 Å². The zero-order valence-electron chi connectivity index (χ0n) is 67.0. The summed E-state index contributed by atoms with van der Waals surface area (Å²) in [6.45, 7) is 13.6. The van der Waals surface area contributed by atoms with Crippen molar-refractivity contribution in [3.63, 3.8) is 0 Å². The summed E-state index contributed by atoms with van der Waals surface area (Å²) in [7, 11) is 1.74. The van der Waals surface area contributed by atoms with Gasteiger partial charge in [-0.15, -0.1) is 0 Å². The zero-order valence-corrected chi connectivity index (χ0v) is 70.8. The second kappa shape index (κ2) is 47.9. The van der Waals surface area contributed by atoms with E-state index in [1.54, 1.807) is 116 Å². The number of H-pyrrole nitrogens is 2. The molecule has 15 atom stereocenters. The van der Waals surface area contributed by atoms with Gasteiger partial charge in [-0.05, 0) is 113 Å². The third-order valence-electron chi connectivity index (χ3n) is 19.9. The molecule has 0 saturated carbocycles. The third-order valence-corrected chi connectivity index (χ3v) is 23.2. The summed E-state index contributed by atoms with van der Waals surface area (Å²) in [5, 5.41) is 73.0. The number of amides is 12. The highest BCUT2D eigenvalue weighted by Crippen LogP contribution is 2.27. The molecule has 36 nitrogen and oxygen atoms in total. The fraction of sp³-hybridized carbons (Fsp3) is 0.519. The van der Waals surface area contributed by atoms with E-state index in [-0.39, 0.29) is 50.0 Å². The number of carboxylic acid groups (broad SMARTS) is 3. The van der Waals surface area contributed by atoms with Crippen LogP contribution in [-0.4, -0.2) is 221 Å². The van der Waals surface area contributed by atoms with Gasteiger partial charge >= 0.3 is 17.9 Å². The van der Waals surface area contributed by atoms with Gasteiger partial charge in [0.1, 0.15) is 78.3 Å².